The molecule has 54 heavy (non-hydrogen) atoms. The van der Waals surface area contributed by atoms with E-state index in [-0.39, 0.29) is 19.4 Å². The van der Waals surface area contributed by atoms with Gasteiger partial charge in [-0.25, -0.2) is 4.57 Å². The van der Waals surface area contributed by atoms with Gasteiger partial charge in [-0.3, -0.25) is 18.6 Å². The Labute approximate surface area is 325 Å². The van der Waals surface area contributed by atoms with Gasteiger partial charge >= 0.3 is 19.8 Å². The lowest BCUT2D eigenvalue weighted by atomic mass is 10.1. The van der Waals surface area contributed by atoms with Crippen molar-refractivity contribution in [2.45, 2.75) is 135 Å². The minimum absolute atomic E-state index is 0.126. The number of allylic oxidation sites excluding steroid dienone is 16. The number of carbonyl (C=O) groups is 2. The molecule has 0 bridgehead atoms. The molecule has 0 saturated heterocycles. The van der Waals surface area contributed by atoms with Crippen LogP contribution in [0, 0.1) is 0 Å². The maximum absolute atomic E-state index is 12.5. The van der Waals surface area contributed by atoms with Gasteiger partial charge < -0.3 is 24.6 Å². The summed E-state index contributed by atoms with van der Waals surface area (Å²) >= 11 is 0. The van der Waals surface area contributed by atoms with Crippen LogP contribution in [0.2, 0.25) is 0 Å². The molecule has 0 aromatic heterocycles. The number of aliphatic hydroxyl groups excluding tert-OH is 2. The predicted molar refractivity (Wildman–Crippen MR) is 219 cm³/mol. The highest BCUT2D eigenvalue weighted by molar-refractivity contribution is 7.47. The molecule has 10 nitrogen and oxygen atoms in total. The number of hydrogen-bond donors (Lipinski definition) is 3. The summed E-state index contributed by atoms with van der Waals surface area (Å²) < 4.78 is 32.5. The molecule has 0 aliphatic rings. The van der Waals surface area contributed by atoms with Crippen molar-refractivity contribution < 1.29 is 47.8 Å². The summed E-state index contributed by atoms with van der Waals surface area (Å²) in [5.41, 5.74) is 0. The van der Waals surface area contributed by atoms with Crippen LogP contribution in [0.25, 0.3) is 0 Å². The zero-order chi connectivity index (χ0) is 39.8. The van der Waals surface area contributed by atoms with Gasteiger partial charge in [0.2, 0.25) is 0 Å². The molecule has 2 unspecified atom stereocenters. The van der Waals surface area contributed by atoms with E-state index in [1.807, 2.05) is 60.8 Å². The molecule has 0 fully saturated rings. The lowest BCUT2D eigenvalue weighted by Crippen LogP contribution is -2.29. The minimum atomic E-state index is -4.64. The van der Waals surface area contributed by atoms with Crippen LogP contribution in [0.1, 0.15) is 123 Å². The number of aliphatic hydroxyl groups is 2. The Morgan fingerprint density at radius 1 is 0.574 bits per heavy atom. The number of ether oxygens (including phenoxy) is 2. The van der Waals surface area contributed by atoms with E-state index in [4.69, 9.17) is 19.1 Å². The van der Waals surface area contributed by atoms with Gasteiger partial charge in [-0.05, 0) is 57.8 Å². The molecule has 0 saturated carbocycles. The Balaban J connectivity index is 4.47. The highest BCUT2D eigenvalue weighted by Crippen LogP contribution is 2.43. The Morgan fingerprint density at radius 2 is 1.02 bits per heavy atom. The Morgan fingerprint density at radius 3 is 1.56 bits per heavy atom. The van der Waals surface area contributed by atoms with Crippen LogP contribution in [0.4, 0.5) is 0 Å². The van der Waals surface area contributed by atoms with Crippen molar-refractivity contribution >= 4 is 19.8 Å². The average molecular weight is 777 g/mol. The number of phosphoric acid groups is 1. The quantitative estimate of drug-likeness (QED) is 0.0246. The highest BCUT2D eigenvalue weighted by Gasteiger charge is 2.27. The maximum Gasteiger partial charge on any atom is 0.472 e. The average Bonchev–Trinajstić information content (AvgIpc) is 3.16. The minimum Gasteiger partial charge on any atom is -0.462 e. The van der Waals surface area contributed by atoms with Gasteiger partial charge in [0.15, 0.2) is 6.10 Å². The second-order valence-corrected chi connectivity index (χ2v) is 14.2. The summed E-state index contributed by atoms with van der Waals surface area (Å²) in [5.74, 6) is -1.01. The summed E-state index contributed by atoms with van der Waals surface area (Å²) in [6.07, 6.45) is 45.2. The second-order valence-electron chi connectivity index (χ2n) is 12.8. The molecule has 0 radical (unpaired) electrons. The van der Waals surface area contributed by atoms with E-state index in [1.54, 1.807) is 0 Å². The summed E-state index contributed by atoms with van der Waals surface area (Å²) in [6, 6.07) is 0. The van der Waals surface area contributed by atoms with Crippen molar-refractivity contribution in [3.05, 3.63) is 97.2 Å². The smallest absolute Gasteiger partial charge is 0.462 e. The van der Waals surface area contributed by atoms with Crippen LogP contribution in [0.5, 0.6) is 0 Å². The molecule has 3 N–H and O–H groups in total. The normalized spacial score (nSPS) is 15.0. The van der Waals surface area contributed by atoms with Crippen LogP contribution in [0.3, 0.4) is 0 Å². The summed E-state index contributed by atoms with van der Waals surface area (Å²) in [7, 11) is -4.64. The first kappa shape index (κ1) is 50.9. The third-order valence-corrected chi connectivity index (χ3v) is 8.61. The standard InChI is InChI=1S/C43H69O10P/c1-3-5-7-9-11-13-15-17-18-19-20-21-23-24-26-28-30-32-34-42(46)50-38-41(39-52-54(48,49)51-37-40(45)36-44)53-43(47)35-33-31-29-27-25-22-16-14-12-10-8-6-4-2/h6,8,10-22,25,40-41,44-45H,3-5,7,9,23-24,26-39H2,1-2H3,(H,48,49)/b8-6+,12-10+,13-11+,16-14+,17-15+,19-18+,21-20+,25-22+/t40-,41?/m1/s1. The van der Waals surface area contributed by atoms with Crippen LogP contribution in [-0.2, 0) is 32.7 Å². The zero-order valence-corrected chi connectivity index (χ0v) is 33.8. The number of carbonyl (C=O) groups excluding carboxylic acids is 2. The van der Waals surface area contributed by atoms with E-state index in [1.165, 1.54) is 19.3 Å². The van der Waals surface area contributed by atoms with Gasteiger partial charge in [-0.2, -0.15) is 0 Å². The maximum atomic E-state index is 12.5. The first-order valence-electron chi connectivity index (χ1n) is 19.8. The number of esters is 2. The molecule has 0 aromatic carbocycles. The summed E-state index contributed by atoms with van der Waals surface area (Å²) in [5, 5.41) is 18.3. The van der Waals surface area contributed by atoms with E-state index < -0.39 is 51.8 Å². The van der Waals surface area contributed by atoms with Crippen molar-refractivity contribution in [1.82, 2.24) is 0 Å². The molecule has 306 valence electrons. The fourth-order valence-corrected chi connectivity index (χ4v) is 5.39. The lowest BCUT2D eigenvalue weighted by molar-refractivity contribution is -0.161. The molecular weight excluding hydrogens is 707 g/mol. The van der Waals surface area contributed by atoms with Crippen molar-refractivity contribution in [2.75, 3.05) is 26.4 Å². The van der Waals surface area contributed by atoms with Gasteiger partial charge in [0.1, 0.15) is 12.7 Å². The van der Waals surface area contributed by atoms with Crippen molar-refractivity contribution in [1.29, 1.82) is 0 Å². The Hall–Kier alpha value is -3.11. The van der Waals surface area contributed by atoms with Gasteiger partial charge in [0, 0.05) is 12.8 Å². The molecule has 0 spiro atoms. The second kappa shape index (κ2) is 38.2. The predicted octanol–water partition coefficient (Wildman–Crippen LogP) is 10.0. The first-order chi connectivity index (χ1) is 26.2. The molecule has 11 heteroatoms. The van der Waals surface area contributed by atoms with E-state index in [9.17, 15) is 24.2 Å². The van der Waals surface area contributed by atoms with Gasteiger partial charge in [-0.15, -0.1) is 0 Å². The fourth-order valence-electron chi connectivity index (χ4n) is 4.60. The highest BCUT2D eigenvalue weighted by atomic mass is 31.2. The Kier molecular flexibility index (Phi) is 36.0. The van der Waals surface area contributed by atoms with Crippen molar-refractivity contribution in [3.63, 3.8) is 0 Å². The molecule has 0 aromatic rings. The number of unbranched alkanes of at least 4 members (excludes halogenated alkanes) is 11. The van der Waals surface area contributed by atoms with Gasteiger partial charge in [-0.1, -0.05) is 150 Å². The monoisotopic (exact) mass is 776 g/mol. The first-order valence-corrected chi connectivity index (χ1v) is 21.3. The molecule has 0 rings (SSSR count). The van der Waals surface area contributed by atoms with Crippen molar-refractivity contribution in [2.24, 2.45) is 0 Å². The number of phosphoric ester groups is 1. The van der Waals surface area contributed by atoms with Crippen LogP contribution in [0.15, 0.2) is 97.2 Å². The molecule has 0 aliphatic carbocycles. The number of hydrogen-bond acceptors (Lipinski definition) is 9. The SMILES string of the molecule is CC/C=C/C=C/C=C/C=C/CCCCCC(=O)OC(COC(=O)CCCCCCC/C=C/C=C/C=C/C=C/CCCCC)COP(=O)(O)OC[C@H](O)CO. The van der Waals surface area contributed by atoms with Gasteiger partial charge in [0.05, 0.1) is 19.8 Å². The number of rotatable bonds is 35. The van der Waals surface area contributed by atoms with E-state index in [0.29, 0.717) is 12.8 Å². The lowest BCUT2D eigenvalue weighted by Gasteiger charge is -2.20. The largest absolute Gasteiger partial charge is 0.472 e. The van der Waals surface area contributed by atoms with E-state index >= 15 is 0 Å². The topological polar surface area (TPSA) is 149 Å². The van der Waals surface area contributed by atoms with Crippen LogP contribution in [-0.4, -0.2) is 65.7 Å². The summed E-state index contributed by atoms with van der Waals surface area (Å²) in [4.78, 5) is 34.9. The van der Waals surface area contributed by atoms with Crippen molar-refractivity contribution in [3.8, 4) is 0 Å². The summed E-state index contributed by atoms with van der Waals surface area (Å²) in [6.45, 7) is 2.08. The van der Waals surface area contributed by atoms with Crippen LogP contribution >= 0.6 is 7.82 Å². The zero-order valence-electron chi connectivity index (χ0n) is 32.9. The molecule has 0 heterocycles. The Bertz CT molecular complexity index is 1210. The molecule has 3 atom stereocenters. The van der Waals surface area contributed by atoms with Gasteiger partial charge in [0.25, 0.3) is 0 Å². The fraction of sp³-hybridized carbons (Fsp3) is 0.581. The molecular formula is C43H69O10P. The third-order valence-electron chi connectivity index (χ3n) is 7.66. The third kappa shape index (κ3) is 37.2. The molecule has 0 amide bonds. The molecule has 0 aliphatic heterocycles. The van der Waals surface area contributed by atoms with E-state index in [2.05, 4.69) is 54.8 Å². The van der Waals surface area contributed by atoms with E-state index in [0.717, 1.165) is 64.2 Å². The van der Waals surface area contributed by atoms with Crippen LogP contribution < -0.4 is 0 Å².